The molecule has 0 bridgehead atoms. The van der Waals surface area contributed by atoms with Gasteiger partial charge < -0.3 is 16.8 Å². The molecule has 1 aromatic carbocycles. The van der Waals surface area contributed by atoms with E-state index in [1.165, 1.54) is 12.1 Å². The summed E-state index contributed by atoms with van der Waals surface area (Å²) in [6.07, 6.45) is 4.89. The summed E-state index contributed by atoms with van der Waals surface area (Å²) in [5, 5.41) is 2.48. The van der Waals surface area contributed by atoms with Crippen LogP contribution in [0.15, 0.2) is 18.2 Å². The zero-order valence-electron chi connectivity index (χ0n) is 11.8. The van der Waals surface area contributed by atoms with Gasteiger partial charge in [-0.2, -0.15) is 0 Å². The quantitative estimate of drug-likeness (QED) is 0.790. The Balaban J connectivity index is 2.05. The molecule has 2 amide bonds. The molecule has 114 valence electrons. The van der Waals surface area contributed by atoms with E-state index in [-0.39, 0.29) is 23.6 Å². The van der Waals surface area contributed by atoms with E-state index in [0.717, 1.165) is 38.2 Å². The molecule has 1 saturated carbocycles. The zero-order valence-corrected chi connectivity index (χ0v) is 11.8. The smallest absolute Gasteiger partial charge is 0.248 e. The molecule has 0 atom stereocenters. The molecule has 1 fully saturated rings. The van der Waals surface area contributed by atoms with E-state index in [0.29, 0.717) is 0 Å². The molecule has 0 aromatic heterocycles. The molecule has 21 heavy (non-hydrogen) atoms. The number of hydrogen-bond donors (Lipinski definition) is 3. The van der Waals surface area contributed by atoms with Crippen LogP contribution in [0.2, 0.25) is 0 Å². The topological polar surface area (TPSA) is 98.2 Å². The van der Waals surface area contributed by atoms with Crippen LogP contribution < -0.4 is 16.8 Å². The van der Waals surface area contributed by atoms with Crippen LogP contribution in [-0.2, 0) is 4.79 Å². The summed E-state index contributed by atoms with van der Waals surface area (Å²) in [5.74, 6) is -1.63. The van der Waals surface area contributed by atoms with Crippen molar-refractivity contribution in [1.82, 2.24) is 0 Å². The Kier molecular flexibility index (Phi) is 4.57. The second-order valence-electron chi connectivity index (χ2n) is 5.71. The summed E-state index contributed by atoms with van der Waals surface area (Å²) in [7, 11) is 0. The maximum atomic E-state index is 13.7. The van der Waals surface area contributed by atoms with Crippen molar-refractivity contribution in [3.63, 3.8) is 0 Å². The highest BCUT2D eigenvalue weighted by atomic mass is 19.1. The summed E-state index contributed by atoms with van der Waals surface area (Å²) < 4.78 is 13.7. The SMILES string of the molecule is NC(=O)c1ccc(F)c(NC(=O)CC2(N)CCCCC2)c1. The normalized spacial score (nSPS) is 17.2. The minimum atomic E-state index is -0.673. The Morgan fingerprint density at radius 2 is 1.90 bits per heavy atom. The molecule has 0 spiro atoms. The van der Waals surface area contributed by atoms with Gasteiger partial charge in [0.25, 0.3) is 0 Å². The van der Waals surface area contributed by atoms with Crippen LogP contribution in [0, 0.1) is 5.82 Å². The summed E-state index contributed by atoms with van der Waals surface area (Å²) in [6.45, 7) is 0. The number of nitrogens with one attached hydrogen (secondary N) is 1. The highest BCUT2D eigenvalue weighted by Crippen LogP contribution is 2.29. The van der Waals surface area contributed by atoms with Crippen LogP contribution in [0.1, 0.15) is 48.9 Å². The van der Waals surface area contributed by atoms with Gasteiger partial charge in [-0.1, -0.05) is 19.3 Å². The van der Waals surface area contributed by atoms with E-state index in [9.17, 15) is 14.0 Å². The number of benzene rings is 1. The van der Waals surface area contributed by atoms with Gasteiger partial charge in [-0.3, -0.25) is 9.59 Å². The molecule has 6 heteroatoms. The van der Waals surface area contributed by atoms with Crippen molar-refractivity contribution in [2.24, 2.45) is 11.5 Å². The van der Waals surface area contributed by atoms with E-state index in [1.807, 2.05) is 0 Å². The molecule has 5 nitrogen and oxygen atoms in total. The summed E-state index contributed by atoms with van der Waals surface area (Å²) >= 11 is 0. The van der Waals surface area contributed by atoms with Gasteiger partial charge in [0.1, 0.15) is 5.82 Å². The standard InChI is InChI=1S/C15H20FN3O2/c16-11-5-4-10(14(17)21)8-12(11)19-13(20)9-15(18)6-2-1-3-7-15/h4-5,8H,1-3,6-7,9,18H2,(H2,17,21)(H,19,20). The van der Waals surface area contributed by atoms with Gasteiger partial charge in [-0.25, -0.2) is 4.39 Å². The lowest BCUT2D eigenvalue weighted by Gasteiger charge is -2.32. The molecule has 1 aliphatic rings. The Morgan fingerprint density at radius 3 is 2.52 bits per heavy atom. The Labute approximate surface area is 122 Å². The van der Waals surface area contributed by atoms with Crippen LogP contribution in [0.5, 0.6) is 0 Å². The van der Waals surface area contributed by atoms with Gasteiger partial charge in [0, 0.05) is 17.5 Å². The van der Waals surface area contributed by atoms with E-state index >= 15 is 0 Å². The first-order valence-electron chi connectivity index (χ1n) is 7.08. The first-order valence-corrected chi connectivity index (χ1v) is 7.08. The zero-order chi connectivity index (χ0) is 15.5. The van der Waals surface area contributed by atoms with Gasteiger partial charge in [-0.15, -0.1) is 0 Å². The third-order valence-corrected chi connectivity index (χ3v) is 3.89. The number of nitrogens with two attached hydrogens (primary N) is 2. The molecule has 0 saturated heterocycles. The van der Waals surface area contributed by atoms with Gasteiger partial charge in [0.2, 0.25) is 11.8 Å². The molecule has 1 aliphatic carbocycles. The predicted octanol–water partition coefficient (Wildman–Crippen LogP) is 1.91. The van der Waals surface area contributed by atoms with Crippen LogP contribution >= 0.6 is 0 Å². The molecule has 0 heterocycles. The molecule has 5 N–H and O–H groups in total. The molecule has 0 aliphatic heterocycles. The van der Waals surface area contributed by atoms with Gasteiger partial charge in [0.15, 0.2) is 0 Å². The van der Waals surface area contributed by atoms with Crippen LogP contribution in [0.25, 0.3) is 0 Å². The van der Waals surface area contributed by atoms with Crippen LogP contribution in [0.3, 0.4) is 0 Å². The van der Waals surface area contributed by atoms with Crippen molar-refractivity contribution in [3.8, 4) is 0 Å². The number of halogens is 1. The fourth-order valence-corrected chi connectivity index (χ4v) is 2.72. The summed E-state index contributed by atoms with van der Waals surface area (Å²) in [4.78, 5) is 23.1. The Morgan fingerprint density at radius 1 is 1.24 bits per heavy atom. The number of carbonyl (C=O) groups excluding carboxylic acids is 2. The summed E-state index contributed by atoms with van der Waals surface area (Å²) in [5.41, 5.74) is 10.9. The Bertz CT molecular complexity index is 554. The minimum Gasteiger partial charge on any atom is -0.366 e. The number of carbonyl (C=O) groups is 2. The lowest BCUT2D eigenvalue weighted by atomic mass is 9.80. The maximum Gasteiger partial charge on any atom is 0.248 e. The third kappa shape index (κ3) is 4.01. The van der Waals surface area contributed by atoms with Crippen molar-refractivity contribution in [1.29, 1.82) is 0 Å². The van der Waals surface area contributed by atoms with E-state index in [2.05, 4.69) is 5.32 Å². The molecule has 2 rings (SSSR count). The second-order valence-corrected chi connectivity index (χ2v) is 5.71. The fraction of sp³-hybridized carbons (Fsp3) is 0.467. The lowest BCUT2D eigenvalue weighted by molar-refractivity contribution is -0.117. The highest BCUT2D eigenvalue weighted by Gasteiger charge is 2.30. The van der Waals surface area contributed by atoms with E-state index in [1.54, 1.807) is 0 Å². The molecule has 1 aromatic rings. The van der Waals surface area contributed by atoms with Gasteiger partial charge >= 0.3 is 0 Å². The average Bonchev–Trinajstić information content (AvgIpc) is 2.41. The van der Waals surface area contributed by atoms with Crippen molar-refractivity contribution >= 4 is 17.5 Å². The second kappa shape index (κ2) is 6.22. The molecular formula is C15H20FN3O2. The van der Waals surface area contributed by atoms with Gasteiger partial charge in [0.05, 0.1) is 5.69 Å². The van der Waals surface area contributed by atoms with E-state index in [4.69, 9.17) is 11.5 Å². The maximum absolute atomic E-state index is 13.7. The average molecular weight is 293 g/mol. The number of amides is 2. The first kappa shape index (κ1) is 15.4. The number of hydrogen-bond acceptors (Lipinski definition) is 3. The third-order valence-electron chi connectivity index (χ3n) is 3.89. The highest BCUT2D eigenvalue weighted by molar-refractivity contribution is 5.96. The van der Waals surface area contributed by atoms with Crippen molar-refractivity contribution < 1.29 is 14.0 Å². The van der Waals surface area contributed by atoms with E-state index < -0.39 is 17.3 Å². The predicted molar refractivity (Wildman–Crippen MR) is 78.2 cm³/mol. The molecule has 0 unspecified atom stereocenters. The monoisotopic (exact) mass is 293 g/mol. The summed E-state index contributed by atoms with van der Waals surface area (Å²) in [6, 6.07) is 3.62. The fourth-order valence-electron chi connectivity index (χ4n) is 2.72. The number of anilines is 1. The first-order chi connectivity index (χ1) is 9.89. The Hall–Kier alpha value is -1.95. The number of primary amides is 1. The minimum absolute atomic E-state index is 0.0456. The number of rotatable bonds is 4. The van der Waals surface area contributed by atoms with Crippen molar-refractivity contribution in [3.05, 3.63) is 29.6 Å². The largest absolute Gasteiger partial charge is 0.366 e. The lowest BCUT2D eigenvalue weighted by Crippen LogP contribution is -2.44. The molecule has 0 radical (unpaired) electrons. The van der Waals surface area contributed by atoms with Crippen LogP contribution in [0.4, 0.5) is 10.1 Å². The van der Waals surface area contributed by atoms with Gasteiger partial charge in [-0.05, 0) is 31.0 Å². The van der Waals surface area contributed by atoms with Crippen LogP contribution in [-0.4, -0.2) is 17.4 Å². The van der Waals surface area contributed by atoms with Crippen molar-refractivity contribution in [2.45, 2.75) is 44.1 Å². The van der Waals surface area contributed by atoms with Crippen molar-refractivity contribution in [2.75, 3.05) is 5.32 Å². The molecular weight excluding hydrogens is 273 g/mol.